The highest BCUT2D eigenvalue weighted by atomic mass is 79.9. The first-order valence-electron chi connectivity index (χ1n) is 4.79. The van der Waals surface area contributed by atoms with E-state index in [4.69, 9.17) is 11.5 Å². The van der Waals surface area contributed by atoms with Gasteiger partial charge in [-0.1, -0.05) is 0 Å². The Kier molecular flexibility index (Phi) is 2.86. The topological polar surface area (TPSA) is 72.3 Å². The predicted octanol–water partition coefficient (Wildman–Crippen LogP) is 1.23. The molecule has 1 fully saturated rings. The van der Waals surface area contributed by atoms with Crippen LogP contribution >= 0.6 is 15.9 Å². The second kappa shape index (κ2) is 4.03. The summed E-state index contributed by atoms with van der Waals surface area (Å²) < 4.78 is 13.6. The van der Waals surface area contributed by atoms with Gasteiger partial charge in [-0.05, 0) is 22.0 Å². The van der Waals surface area contributed by atoms with Crippen molar-refractivity contribution >= 4 is 33.2 Å². The molecule has 0 radical (unpaired) electrons. The van der Waals surface area contributed by atoms with E-state index in [1.54, 1.807) is 0 Å². The van der Waals surface area contributed by atoms with E-state index < -0.39 is 5.82 Å². The van der Waals surface area contributed by atoms with Crippen molar-refractivity contribution in [3.8, 4) is 0 Å². The molecule has 0 bridgehead atoms. The number of halogens is 2. The predicted molar refractivity (Wildman–Crippen MR) is 63.5 cm³/mol. The Morgan fingerprint density at radius 2 is 2.19 bits per heavy atom. The smallest absolute Gasteiger partial charge is 0.228 e. The number of carbonyl (C=O) groups is 1. The number of hydrogen-bond acceptors (Lipinski definition) is 3. The summed E-state index contributed by atoms with van der Waals surface area (Å²) in [5.41, 5.74) is 12.2. The summed E-state index contributed by atoms with van der Waals surface area (Å²) >= 11 is 3.03. The highest BCUT2D eigenvalue weighted by Gasteiger charge is 2.29. The summed E-state index contributed by atoms with van der Waals surface area (Å²) in [5.74, 6) is -0.571. The fraction of sp³-hybridized carbons (Fsp3) is 0.300. The van der Waals surface area contributed by atoms with Crippen molar-refractivity contribution in [3.05, 3.63) is 22.4 Å². The molecule has 1 atom stereocenters. The Hall–Kier alpha value is -1.14. The van der Waals surface area contributed by atoms with E-state index in [-0.39, 0.29) is 22.8 Å². The third kappa shape index (κ3) is 1.90. The second-order valence-corrected chi connectivity index (χ2v) is 4.65. The number of carbonyl (C=O) groups excluding carboxylic acids is 1. The molecular formula is C10H11BrFN3O. The summed E-state index contributed by atoms with van der Waals surface area (Å²) in [5, 5.41) is 0. The van der Waals surface area contributed by atoms with Gasteiger partial charge in [-0.3, -0.25) is 4.79 Å². The van der Waals surface area contributed by atoms with Crippen molar-refractivity contribution < 1.29 is 9.18 Å². The van der Waals surface area contributed by atoms with E-state index in [1.165, 1.54) is 17.0 Å². The molecule has 1 amide bonds. The lowest BCUT2D eigenvalue weighted by atomic mass is 10.2. The maximum Gasteiger partial charge on any atom is 0.228 e. The van der Waals surface area contributed by atoms with Crippen LogP contribution in [0.2, 0.25) is 0 Å². The molecule has 1 aromatic carbocycles. The zero-order valence-electron chi connectivity index (χ0n) is 8.41. The van der Waals surface area contributed by atoms with Crippen LogP contribution in [0.4, 0.5) is 15.8 Å². The summed E-state index contributed by atoms with van der Waals surface area (Å²) in [7, 11) is 0. The van der Waals surface area contributed by atoms with E-state index in [9.17, 15) is 9.18 Å². The first-order valence-corrected chi connectivity index (χ1v) is 5.59. The van der Waals surface area contributed by atoms with Gasteiger partial charge in [0.05, 0.1) is 15.8 Å². The minimum Gasteiger partial charge on any atom is -0.397 e. The number of benzene rings is 1. The van der Waals surface area contributed by atoms with Crippen LogP contribution in [0.1, 0.15) is 6.42 Å². The Balaban J connectivity index is 2.41. The van der Waals surface area contributed by atoms with Gasteiger partial charge in [0.15, 0.2) is 0 Å². The Labute approximate surface area is 101 Å². The number of anilines is 2. The molecule has 2 rings (SSSR count). The Morgan fingerprint density at radius 1 is 1.50 bits per heavy atom. The van der Waals surface area contributed by atoms with Gasteiger partial charge in [0, 0.05) is 25.1 Å². The van der Waals surface area contributed by atoms with Crippen molar-refractivity contribution in [3.63, 3.8) is 0 Å². The molecule has 1 aliphatic heterocycles. The lowest BCUT2D eigenvalue weighted by Crippen LogP contribution is -2.28. The molecule has 1 aliphatic rings. The highest BCUT2D eigenvalue weighted by molar-refractivity contribution is 9.10. The molecule has 0 aromatic heterocycles. The fourth-order valence-corrected chi connectivity index (χ4v) is 2.11. The average Bonchev–Trinajstić information content (AvgIpc) is 2.51. The fourth-order valence-electron chi connectivity index (χ4n) is 1.75. The van der Waals surface area contributed by atoms with Crippen molar-refractivity contribution in [2.75, 3.05) is 17.2 Å². The summed E-state index contributed by atoms with van der Waals surface area (Å²) in [6, 6.07) is 2.48. The van der Waals surface area contributed by atoms with Crippen LogP contribution in [0.5, 0.6) is 0 Å². The van der Waals surface area contributed by atoms with Gasteiger partial charge in [0.25, 0.3) is 0 Å². The van der Waals surface area contributed by atoms with Crippen molar-refractivity contribution in [2.45, 2.75) is 12.5 Å². The number of nitrogen functional groups attached to an aromatic ring is 1. The second-order valence-electron chi connectivity index (χ2n) is 3.79. The van der Waals surface area contributed by atoms with Crippen LogP contribution in [0.25, 0.3) is 0 Å². The third-order valence-corrected chi connectivity index (χ3v) is 3.12. The van der Waals surface area contributed by atoms with Gasteiger partial charge < -0.3 is 16.4 Å². The third-order valence-electron chi connectivity index (χ3n) is 2.52. The normalized spacial score (nSPS) is 20.6. The van der Waals surface area contributed by atoms with Gasteiger partial charge in [0.1, 0.15) is 5.82 Å². The van der Waals surface area contributed by atoms with Crippen molar-refractivity contribution in [1.82, 2.24) is 0 Å². The molecule has 4 nitrogen and oxygen atoms in total. The molecule has 4 N–H and O–H groups in total. The number of amides is 1. The monoisotopic (exact) mass is 287 g/mol. The lowest BCUT2D eigenvalue weighted by Gasteiger charge is -2.18. The first kappa shape index (κ1) is 11.3. The standard InChI is InChI=1S/C10H11BrFN3O/c11-6-2-8(14)9(3-7(6)12)15-4-5(13)1-10(15)16/h2-3,5H,1,4,13-14H2. The van der Waals surface area contributed by atoms with Crippen LogP contribution < -0.4 is 16.4 Å². The molecule has 0 spiro atoms. The highest BCUT2D eigenvalue weighted by Crippen LogP contribution is 2.31. The first-order chi connectivity index (χ1) is 7.49. The van der Waals surface area contributed by atoms with Gasteiger partial charge in [-0.25, -0.2) is 4.39 Å². The van der Waals surface area contributed by atoms with Gasteiger partial charge in [0.2, 0.25) is 5.91 Å². The van der Waals surface area contributed by atoms with Crippen LogP contribution in [-0.4, -0.2) is 18.5 Å². The number of nitrogens with zero attached hydrogens (tertiary/aromatic N) is 1. The molecule has 86 valence electrons. The Bertz CT molecular complexity index is 452. The van der Waals surface area contributed by atoms with E-state index in [0.29, 0.717) is 17.9 Å². The van der Waals surface area contributed by atoms with Crippen LogP contribution in [0, 0.1) is 5.82 Å². The summed E-state index contributed by atoms with van der Waals surface area (Å²) in [6.45, 7) is 0.379. The largest absolute Gasteiger partial charge is 0.397 e. The van der Waals surface area contributed by atoms with Gasteiger partial charge in [-0.15, -0.1) is 0 Å². The number of rotatable bonds is 1. The lowest BCUT2D eigenvalue weighted by molar-refractivity contribution is -0.117. The van der Waals surface area contributed by atoms with Gasteiger partial charge in [-0.2, -0.15) is 0 Å². The van der Waals surface area contributed by atoms with E-state index >= 15 is 0 Å². The Morgan fingerprint density at radius 3 is 2.75 bits per heavy atom. The maximum absolute atomic E-state index is 13.4. The molecule has 16 heavy (non-hydrogen) atoms. The summed E-state index contributed by atoms with van der Waals surface area (Å²) in [4.78, 5) is 13.0. The van der Waals surface area contributed by atoms with Crippen LogP contribution in [0.3, 0.4) is 0 Å². The molecule has 0 saturated carbocycles. The summed E-state index contributed by atoms with van der Waals surface area (Å²) in [6.07, 6.45) is 0.275. The molecule has 0 aliphatic carbocycles. The van der Waals surface area contributed by atoms with Gasteiger partial charge >= 0.3 is 0 Å². The molecule has 1 unspecified atom stereocenters. The van der Waals surface area contributed by atoms with Crippen LogP contribution in [0.15, 0.2) is 16.6 Å². The van der Waals surface area contributed by atoms with E-state index in [0.717, 1.165) is 0 Å². The number of hydrogen-bond donors (Lipinski definition) is 2. The zero-order chi connectivity index (χ0) is 11.9. The molecule has 1 saturated heterocycles. The molecular weight excluding hydrogens is 277 g/mol. The van der Waals surface area contributed by atoms with E-state index in [2.05, 4.69) is 15.9 Å². The SMILES string of the molecule is Nc1cc(Br)c(F)cc1N1CC(N)CC1=O. The molecule has 1 heterocycles. The van der Waals surface area contributed by atoms with Crippen LogP contribution in [-0.2, 0) is 4.79 Å². The molecule has 1 aromatic rings. The number of nitrogens with two attached hydrogens (primary N) is 2. The molecule has 6 heteroatoms. The minimum absolute atomic E-state index is 0.124. The zero-order valence-corrected chi connectivity index (χ0v) is 10.00. The average molecular weight is 288 g/mol. The van der Waals surface area contributed by atoms with Crippen molar-refractivity contribution in [1.29, 1.82) is 0 Å². The van der Waals surface area contributed by atoms with E-state index in [1.807, 2.05) is 0 Å². The quantitative estimate of drug-likeness (QED) is 0.763. The minimum atomic E-state index is -0.447. The maximum atomic E-state index is 13.4. The van der Waals surface area contributed by atoms with Crippen molar-refractivity contribution in [2.24, 2.45) is 5.73 Å².